The van der Waals surface area contributed by atoms with Gasteiger partial charge >= 0.3 is 17.9 Å². The van der Waals surface area contributed by atoms with Crippen molar-refractivity contribution >= 4 is 17.9 Å². The van der Waals surface area contributed by atoms with Crippen LogP contribution in [0.5, 0.6) is 0 Å². The van der Waals surface area contributed by atoms with Crippen LogP contribution < -0.4 is 0 Å². The van der Waals surface area contributed by atoms with Crippen LogP contribution in [0.2, 0.25) is 0 Å². The second kappa shape index (κ2) is 68.1. The molecule has 0 saturated heterocycles. The molecular formula is C75H124O6. The zero-order valence-corrected chi connectivity index (χ0v) is 52.8. The molecule has 0 bridgehead atoms. The molecule has 1 unspecified atom stereocenters. The molecule has 0 aliphatic heterocycles. The Morgan fingerprint density at radius 1 is 0.247 bits per heavy atom. The lowest BCUT2D eigenvalue weighted by molar-refractivity contribution is -0.166. The van der Waals surface area contributed by atoms with Crippen LogP contribution in [-0.4, -0.2) is 37.2 Å². The van der Waals surface area contributed by atoms with E-state index in [1.165, 1.54) is 141 Å². The van der Waals surface area contributed by atoms with E-state index in [1.54, 1.807) is 0 Å². The predicted octanol–water partition coefficient (Wildman–Crippen LogP) is 23.3. The van der Waals surface area contributed by atoms with E-state index in [1.807, 2.05) is 6.08 Å². The quantitative estimate of drug-likeness (QED) is 0.0261. The molecule has 0 saturated carbocycles. The standard InChI is InChI=1S/C75H124O6/c1-4-7-10-13-16-19-22-25-27-29-30-31-32-33-34-35-36-37-38-39-40-41-42-43-44-46-47-50-53-56-59-62-65-68-74(77)80-71-72(70-79-73(76)67-64-61-58-55-52-49-24-21-18-15-12-9-6-3)81-75(78)69-66-63-60-57-54-51-48-45-28-26-23-20-17-14-11-8-5-2/h7-12,16-21,25-28,30-31,49,52,58,61,72H,4-6,13-15,22-24,29,32-48,50-51,53-57,59-60,62-71H2,1-3H3/b10-7-,11-8-,12-9-,19-16-,20-17-,21-18-,27-25-,28-26-,31-30-,52-49-,61-58-. The number of allylic oxidation sites excluding steroid dienone is 22. The van der Waals surface area contributed by atoms with Gasteiger partial charge in [0.1, 0.15) is 13.2 Å². The van der Waals surface area contributed by atoms with Gasteiger partial charge in [0.05, 0.1) is 0 Å². The van der Waals surface area contributed by atoms with E-state index >= 15 is 0 Å². The fourth-order valence-electron chi connectivity index (χ4n) is 9.23. The Labute approximate surface area is 500 Å². The molecule has 0 aromatic rings. The molecule has 0 amide bonds. The lowest BCUT2D eigenvalue weighted by atomic mass is 10.0. The van der Waals surface area contributed by atoms with Gasteiger partial charge in [0.15, 0.2) is 6.10 Å². The minimum Gasteiger partial charge on any atom is -0.462 e. The molecule has 6 heteroatoms. The van der Waals surface area contributed by atoms with Gasteiger partial charge in [-0.2, -0.15) is 0 Å². The molecular weight excluding hydrogens is 997 g/mol. The van der Waals surface area contributed by atoms with Crippen LogP contribution >= 0.6 is 0 Å². The van der Waals surface area contributed by atoms with Crippen molar-refractivity contribution in [3.8, 4) is 0 Å². The van der Waals surface area contributed by atoms with Crippen molar-refractivity contribution in [3.63, 3.8) is 0 Å². The van der Waals surface area contributed by atoms with E-state index in [0.29, 0.717) is 19.3 Å². The molecule has 460 valence electrons. The van der Waals surface area contributed by atoms with E-state index in [2.05, 4.69) is 148 Å². The summed E-state index contributed by atoms with van der Waals surface area (Å²) in [6.07, 6.45) is 96.5. The molecule has 0 heterocycles. The van der Waals surface area contributed by atoms with Gasteiger partial charge in [-0.05, 0) is 116 Å². The second-order valence-corrected chi connectivity index (χ2v) is 21.9. The van der Waals surface area contributed by atoms with Gasteiger partial charge in [0.2, 0.25) is 0 Å². The van der Waals surface area contributed by atoms with Crippen LogP contribution in [0, 0.1) is 0 Å². The van der Waals surface area contributed by atoms with Gasteiger partial charge in [0.25, 0.3) is 0 Å². The summed E-state index contributed by atoms with van der Waals surface area (Å²) in [4.78, 5) is 38.3. The first-order valence-corrected chi connectivity index (χ1v) is 33.7. The van der Waals surface area contributed by atoms with Gasteiger partial charge in [0, 0.05) is 19.3 Å². The maximum atomic E-state index is 12.9. The van der Waals surface area contributed by atoms with Crippen LogP contribution in [0.1, 0.15) is 303 Å². The normalized spacial score (nSPS) is 13.0. The zero-order chi connectivity index (χ0) is 58.5. The molecule has 0 spiro atoms. The molecule has 0 rings (SSSR count). The van der Waals surface area contributed by atoms with Crippen molar-refractivity contribution < 1.29 is 28.6 Å². The highest BCUT2D eigenvalue weighted by atomic mass is 16.6. The Morgan fingerprint density at radius 2 is 0.469 bits per heavy atom. The SMILES string of the molecule is CC/C=C\C/C=C\C/C=C\C/C=C\CCCCCCCCCCCCCCCCCCCCCCC(=O)OCC(COC(=O)CC/C=C\C/C=C\C/C=C\C/C=C\CC)OC(=O)CCCCCCCCC/C=C\C/C=C\C/C=C\CC. The van der Waals surface area contributed by atoms with Gasteiger partial charge in [-0.15, -0.1) is 0 Å². The van der Waals surface area contributed by atoms with Crippen LogP contribution in [0.4, 0.5) is 0 Å². The monoisotopic (exact) mass is 1120 g/mol. The summed E-state index contributed by atoms with van der Waals surface area (Å²) in [5.74, 6) is -0.994. The lowest BCUT2D eigenvalue weighted by Crippen LogP contribution is -2.30. The fourth-order valence-corrected chi connectivity index (χ4v) is 9.23. The van der Waals surface area contributed by atoms with Gasteiger partial charge < -0.3 is 14.2 Å². The number of rotatable bonds is 60. The first kappa shape index (κ1) is 76.5. The van der Waals surface area contributed by atoms with Crippen molar-refractivity contribution in [2.24, 2.45) is 0 Å². The first-order chi connectivity index (χ1) is 40.0. The van der Waals surface area contributed by atoms with E-state index in [9.17, 15) is 14.4 Å². The molecule has 0 aliphatic carbocycles. The minimum absolute atomic E-state index is 0.105. The first-order valence-electron chi connectivity index (χ1n) is 33.7. The molecule has 81 heavy (non-hydrogen) atoms. The molecule has 1 atom stereocenters. The third-order valence-corrected chi connectivity index (χ3v) is 14.1. The largest absolute Gasteiger partial charge is 0.462 e. The third kappa shape index (κ3) is 66.2. The number of ether oxygens (including phenoxy) is 3. The lowest BCUT2D eigenvalue weighted by Gasteiger charge is -2.18. The third-order valence-electron chi connectivity index (χ3n) is 14.1. The maximum Gasteiger partial charge on any atom is 0.306 e. The van der Waals surface area contributed by atoms with Gasteiger partial charge in [-0.3, -0.25) is 14.4 Å². The molecule has 0 radical (unpaired) electrons. The maximum absolute atomic E-state index is 12.9. The topological polar surface area (TPSA) is 78.9 Å². The van der Waals surface area contributed by atoms with Gasteiger partial charge in [-0.1, -0.05) is 302 Å². The summed E-state index contributed by atoms with van der Waals surface area (Å²) in [6.45, 7) is 6.25. The second-order valence-electron chi connectivity index (χ2n) is 21.9. The van der Waals surface area contributed by atoms with Crippen molar-refractivity contribution in [1.82, 2.24) is 0 Å². The van der Waals surface area contributed by atoms with E-state index in [4.69, 9.17) is 14.2 Å². The highest BCUT2D eigenvalue weighted by molar-refractivity contribution is 5.71. The Morgan fingerprint density at radius 3 is 0.765 bits per heavy atom. The minimum atomic E-state index is -0.815. The van der Waals surface area contributed by atoms with Crippen LogP contribution in [-0.2, 0) is 28.6 Å². The number of carbonyl (C=O) groups excluding carboxylic acids is 3. The molecule has 0 aliphatic rings. The molecule has 0 aromatic carbocycles. The Bertz CT molecular complexity index is 1720. The average Bonchev–Trinajstić information content (AvgIpc) is 3.46. The highest BCUT2D eigenvalue weighted by Crippen LogP contribution is 2.17. The summed E-state index contributed by atoms with van der Waals surface area (Å²) in [5.41, 5.74) is 0. The molecule has 0 aromatic heterocycles. The number of hydrogen-bond donors (Lipinski definition) is 0. The van der Waals surface area contributed by atoms with Gasteiger partial charge in [-0.25, -0.2) is 0 Å². The number of esters is 3. The summed E-state index contributed by atoms with van der Waals surface area (Å²) in [6, 6.07) is 0. The summed E-state index contributed by atoms with van der Waals surface area (Å²) >= 11 is 0. The van der Waals surface area contributed by atoms with Crippen molar-refractivity contribution in [1.29, 1.82) is 0 Å². The van der Waals surface area contributed by atoms with Crippen molar-refractivity contribution in [2.75, 3.05) is 13.2 Å². The van der Waals surface area contributed by atoms with Crippen LogP contribution in [0.3, 0.4) is 0 Å². The van der Waals surface area contributed by atoms with E-state index in [-0.39, 0.29) is 37.5 Å². The molecule has 6 nitrogen and oxygen atoms in total. The summed E-state index contributed by atoms with van der Waals surface area (Å²) in [5, 5.41) is 0. The van der Waals surface area contributed by atoms with Crippen molar-refractivity contribution in [3.05, 3.63) is 134 Å². The highest BCUT2D eigenvalue weighted by Gasteiger charge is 2.19. The number of carbonyl (C=O) groups is 3. The van der Waals surface area contributed by atoms with E-state index in [0.717, 1.165) is 116 Å². The van der Waals surface area contributed by atoms with Crippen LogP contribution in [0.25, 0.3) is 0 Å². The van der Waals surface area contributed by atoms with E-state index < -0.39 is 6.10 Å². The zero-order valence-electron chi connectivity index (χ0n) is 52.8. The van der Waals surface area contributed by atoms with Crippen molar-refractivity contribution in [2.45, 2.75) is 309 Å². The predicted molar refractivity (Wildman–Crippen MR) is 353 cm³/mol. The fraction of sp³-hybridized carbons (Fsp3) is 0.667. The Hall–Kier alpha value is -4.45. The number of hydrogen-bond acceptors (Lipinski definition) is 6. The summed E-state index contributed by atoms with van der Waals surface area (Å²) in [7, 11) is 0. The Kier molecular flexibility index (Phi) is 64.3. The Balaban J connectivity index is 4.21. The average molecular weight is 1120 g/mol. The van der Waals surface area contributed by atoms with Crippen LogP contribution in [0.15, 0.2) is 134 Å². The molecule has 0 N–H and O–H groups in total. The molecule has 0 fully saturated rings. The summed E-state index contributed by atoms with van der Waals surface area (Å²) < 4.78 is 16.8. The smallest absolute Gasteiger partial charge is 0.306 e. The number of unbranched alkanes of at least 4 members (excludes halogenated alkanes) is 27.